The summed E-state index contributed by atoms with van der Waals surface area (Å²) in [5.41, 5.74) is 1.33. The van der Waals surface area contributed by atoms with Crippen LogP contribution in [-0.4, -0.2) is 60.3 Å². The summed E-state index contributed by atoms with van der Waals surface area (Å²) >= 11 is 0. The molecular formula is C19H30N4O2. The Bertz CT molecular complexity index is 525. The molecule has 6 heteroatoms. The first-order valence-electron chi connectivity index (χ1n) is 9.50. The third kappa shape index (κ3) is 5.68. The number of ether oxygens (including phenoxy) is 1. The summed E-state index contributed by atoms with van der Waals surface area (Å²) in [7, 11) is 0. The molecule has 2 saturated heterocycles. The summed E-state index contributed by atoms with van der Waals surface area (Å²) in [6.45, 7) is 5.99. The first-order valence-corrected chi connectivity index (χ1v) is 9.50. The largest absolute Gasteiger partial charge is 0.376 e. The van der Waals surface area contributed by atoms with Gasteiger partial charge < -0.3 is 20.3 Å². The Balaban J connectivity index is 1.32. The van der Waals surface area contributed by atoms with Gasteiger partial charge >= 0.3 is 6.03 Å². The van der Waals surface area contributed by atoms with Gasteiger partial charge in [-0.1, -0.05) is 0 Å². The smallest absolute Gasteiger partial charge is 0.315 e. The van der Waals surface area contributed by atoms with Crippen LogP contribution in [0, 0.1) is 0 Å². The fourth-order valence-electron chi connectivity index (χ4n) is 3.66. The molecule has 1 aromatic rings. The highest BCUT2D eigenvalue weighted by Gasteiger charge is 2.25. The Labute approximate surface area is 150 Å². The molecule has 2 aliphatic heterocycles. The maximum Gasteiger partial charge on any atom is 0.315 e. The molecule has 2 amide bonds. The van der Waals surface area contributed by atoms with Gasteiger partial charge in [0.05, 0.1) is 12.1 Å². The van der Waals surface area contributed by atoms with Gasteiger partial charge in [0.25, 0.3) is 0 Å². The number of hydrogen-bond donors (Lipinski definition) is 2. The molecule has 2 fully saturated rings. The predicted octanol–water partition coefficient (Wildman–Crippen LogP) is 1.96. The molecule has 0 saturated carbocycles. The number of likely N-dealkylation sites (tertiary alicyclic amines) is 1. The number of rotatable bonds is 6. The lowest BCUT2D eigenvalue weighted by atomic mass is 10.0. The number of pyridine rings is 1. The molecule has 0 aromatic carbocycles. The number of piperidine rings is 1. The first-order chi connectivity index (χ1) is 12.2. The fraction of sp³-hybridized carbons (Fsp3) is 0.684. The highest BCUT2D eigenvalue weighted by atomic mass is 16.5. The molecule has 25 heavy (non-hydrogen) atoms. The summed E-state index contributed by atoms with van der Waals surface area (Å²) < 4.78 is 5.63. The summed E-state index contributed by atoms with van der Waals surface area (Å²) in [6.07, 6.45) is 9.08. The molecule has 138 valence electrons. The molecule has 2 aliphatic rings. The highest BCUT2D eigenvalue weighted by molar-refractivity contribution is 5.74. The van der Waals surface area contributed by atoms with Crippen LogP contribution >= 0.6 is 0 Å². The van der Waals surface area contributed by atoms with E-state index in [2.05, 4.69) is 32.7 Å². The Kier molecular flexibility index (Phi) is 6.64. The SMILES string of the molecule is C[C@@H](NC(=O)NC1CCN(CCc2ccncc2)CC1)[C@@H]1CCCO1. The molecule has 6 nitrogen and oxygen atoms in total. The molecule has 2 N–H and O–H groups in total. The van der Waals surface area contributed by atoms with E-state index in [4.69, 9.17) is 4.74 Å². The van der Waals surface area contributed by atoms with Crippen molar-refractivity contribution < 1.29 is 9.53 Å². The molecule has 3 heterocycles. The van der Waals surface area contributed by atoms with Gasteiger partial charge in [-0.3, -0.25) is 4.98 Å². The van der Waals surface area contributed by atoms with E-state index >= 15 is 0 Å². The van der Waals surface area contributed by atoms with Crippen molar-refractivity contribution in [1.82, 2.24) is 20.5 Å². The lowest BCUT2D eigenvalue weighted by Crippen LogP contribution is -2.51. The Hall–Kier alpha value is -1.66. The monoisotopic (exact) mass is 346 g/mol. The van der Waals surface area contributed by atoms with Crippen molar-refractivity contribution in [3.05, 3.63) is 30.1 Å². The van der Waals surface area contributed by atoms with E-state index < -0.39 is 0 Å². The topological polar surface area (TPSA) is 66.5 Å². The molecule has 0 aliphatic carbocycles. The van der Waals surface area contributed by atoms with E-state index in [1.54, 1.807) is 0 Å². The zero-order valence-corrected chi connectivity index (χ0v) is 15.1. The minimum Gasteiger partial charge on any atom is -0.376 e. The van der Waals surface area contributed by atoms with Crippen molar-refractivity contribution in [2.75, 3.05) is 26.2 Å². The normalized spacial score (nSPS) is 23.3. The van der Waals surface area contributed by atoms with Crippen LogP contribution in [0.25, 0.3) is 0 Å². The van der Waals surface area contributed by atoms with Gasteiger partial charge in [-0.05, 0) is 56.7 Å². The summed E-state index contributed by atoms with van der Waals surface area (Å²) in [6, 6.07) is 4.44. The van der Waals surface area contributed by atoms with E-state index in [-0.39, 0.29) is 24.2 Å². The van der Waals surface area contributed by atoms with Crippen molar-refractivity contribution in [1.29, 1.82) is 0 Å². The van der Waals surface area contributed by atoms with Crippen LogP contribution in [0.5, 0.6) is 0 Å². The number of carbonyl (C=O) groups excluding carboxylic acids is 1. The van der Waals surface area contributed by atoms with Gasteiger partial charge in [0, 0.05) is 44.7 Å². The lowest BCUT2D eigenvalue weighted by molar-refractivity contribution is 0.0855. The van der Waals surface area contributed by atoms with Gasteiger partial charge in [-0.25, -0.2) is 4.79 Å². The minimum atomic E-state index is -0.0572. The zero-order valence-electron chi connectivity index (χ0n) is 15.1. The number of amides is 2. The van der Waals surface area contributed by atoms with Crippen molar-refractivity contribution in [2.24, 2.45) is 0 Å². The number of carbonyl (C=O) groups is 1. The third-order valence-corrected chi connectivity index (χ3v) is 5.27. The van der Waals surface area contributed by atoms with Crippen LogP contribution in [0.2, 0.25) is 0 Å². The van der Waals surface area contributed by atoms with Gasteiger partial charge in [0.1, 0.15) is 0 Å². The minimum absolute atomic E-state index is 0.0572. The molecule has 0 radical (unpaired) electrons. The Morgan fingerprint density at radius 2 is 2.08 bits per heavy atom. The number of aromatic nitrogens is 1. The molecule has 0 spiro atoms. The van der Waals surface area contributed by atoms with E-state index in [0.29, 0.717) is 0 Å². The van der Waals surface area contributed by atoms with Crippen LogP contribution in [0.4, 0.5) is 4.79 Å². The van der Waals surface area contributed by atoms with E-state index in [9.17, 15) is 4.79 Å². The lowest BCUT2D eigenvalue weighted by Gasteiger charge is -2.32. The molecule has 0 unspecified atom stereocenters. The molecule has 3 rings (SSSR count). The average molecular weight is 346 g/mol. The van der Waals surface area contributed by atoms with Crippen LogP contribution in [0.3, 0.4) is 0 Å². The maximum atomic E-state index is 12.2. The van der Waals surface area contributed by atoms with E-state index in [0.717, 1.165) is 58.3 Å². The van der Waals surface area contributed by atoms with Crippen LogP contribution in [0.1, 0.15) is 38.2 Å². The van der Waals surface area contributed by atoms with E-state index in [1.165, 1.54) is 5.56 Å². The van der Waals surface area contributed by atoms with Crippen LogP contribution < -0.4 is 10.6 Å². The summed E-state index contributed by atoms with van der Waals surface area (Å²) in [5, 5.41) is 6.16. The highest BCUT2D eigenvalue weighted by Crippen LogP contribution is 2.15. The second-order valence-corrected chi connectivity index (χ2v) is 7.18. The number of nitrogens with one attached hydrogen (secondary N) is 2. The predicted molar refractivity (Wildman–Crippen MR) is 97.5 cm³/mol. The van der Waals surface area contributed by atoms with Crippen LogP contribution in [0.15, 0.2) is 24.5 Å². The van der Waals surface area contributed by atoms with Gasteiger partial charge in [0.15, 0.2) is 0 Å². The Morgan fingerprint density at radius 1 is 1.32 bits per heavy atom. The zero-order chi connectivity index (χ0) is 17.5. The fourth-order valence-corrected chi connectivity index (χ4v) is 3.66. The van der Waals surface area contributed by atoms with Gasteiger partial charge in [-0.15, -0.1) is 0 Å². The average Bonchev–Trinajstić information content (AvgIpc) is 3.17. The molecular weight excluding hydrogens is 316 g/mol. The van der Waals surface area contributed by atoms with Crippen molar-refractivity contribution in [2.45, 2.75) is 57.2 Å². The molecule has 0 bridgehead atoms. The number of urea groups is 1. The number of hydrogen-bond acceptors (Lipinski definition) is 4. The van der Waals surface area contributed by atoms with Crippen molar-refractivity contribution in [3.8, 4) is 0 Å². The third-order valence-electron chi connectivity index (χ3n) is 5.27. The standard InChI is InChI=1S/C19H30N4O2/c1-15(18-3-2-14-25-18)21-19(24)22-17-7-12-23(13-8-17)11-6-16-4-9-20-10-5-16/h4-5,9-10,15,17-18H,2-3,6-8,11-14H2,1H3,(H2,21,22,24)/t15-,18+/m1/s1. The van der Waals surface area contributed by atoms with Crippen molar-refractivity contribution in [3.63, 3.8) is 0 Å². The summed E-state index contributed by atoms with van der Waals surface area (Å²) in [5.74, 6) is 0. The summed E-state index contributed by atoms with van der Waals surface area (Å²) in [4.78, 5) is 18.7. The number of nitrogens with zero attached hydrogens (tertiary/aromatic N) is 2. The van der Waals surface area contributed by atoms with Gasteiger partial charge in [0.2, 0.25) is 0 Å². The quantitative estimate of drug-likeness (QED) is 0.826. The van der Waals surface area contributed by atoms with Gasteiger partial charge in [-0.2, -0.15) is 0 Å². The second-order valence-electron chi connectivity index (χ2n) is 7.18. The molecule has 1 aromatic heterocycles. The second kappa shape index (κ2) is 9.15. The Morgan fingerprint density at radius 3 is 2.76 bits per heavy atom. The van der Waals surface area contributed by atoms with Crippen LogP contribution in [-0.2, 0) is 11.2 Å². The van der Waals surface area contributed by atoms with E-state index in [1.807, 2.05) is 19.3 Å². The molecule has 2 atom stereocenters. The van der Waals surface area contributed by atoms with Crippen molar-refractivity contribution >= 4 is 6.03 Å². The first kappa shape index (κ1) is 18.1. The maximum absolute atomic E-state index is 12.2.